The van der Waals surface area contributed by atoms with Crippen LogP contribution in [0.4, 0.5) is 0 Å². The lowest BCUT2D eigenvalue weighted by Gasteiger charge is -2.31. The Morgan fingerprint density at radius 1 is 1.30 bits per heavy atom. The van der Waals surface area contributed by atoms with Crippen molar-refractivity contribution in [1.82, 2.24) is 15.2 Å². The molecular formula is C20H25N3O4. The number of para-hydroxylation sites is 1. The SMILES string of the molecule is COCC(=O)N1CCC[C@H](C(=O)NCCOc2cccc3cccnc23)C1. The van der Waals surface area contributed by atoms with Crippen molar-refractivity contribution in [2.75, 3.05) is 40.0 Å². The number of hydrogen-bond donors (Lipinski definition) is 1. The fourth-order valence-corrected chi connectivity index (χ4v) is 3.30. The van der Waals surface area contributed by atoms with E-state index in [-0.39, 0.29) is 24.3 Å². The van der Waals surface area contributed by atoms with Gasteiger partial charge in [0.15, 0.2) is 0 Å². The topological polar surface area (TPSA) is 80.8 Å². The van der Waals surface area contributed by atoms with Crippen molar-refractivity contribution >= 4 is 22.7 Å². The quantitative estimate of drug-likeness (QED) is 0.748. The van der Waals surface area contributed by atoms with Crippen LogP contribution in [-0.2, 0) is 14.3 Å². The van der Waals surface area contributed by atoms with Crippen LogP contribution < -0.4 is 10.1 Å². The molecule has 27 heavy (non-hydrogen) atoms. The summed E-state index contributed by atoms with van der Waals surface area (Å²) in [5.74, 6) is 0.418. The molecule has 1 aromatic carbocycles. The first kappa shape index (κ1) is 19.1. The number of carbonyl (C=O) groups excluding carboxylic acids is 2. The smallest absolute Gasteiger partial charge is 0.248 e. The predicted molar refractivity (Wildman–Crippen MR) is 101 cm³/mol. The van der Waals surface area contributed by atoms with Gasteiger partial charge in [0.25, 0.3) is 0 Å². The number of benzene rings is 1. The lowest BCUT2D eigenvalue weighted by molar-refractivity contribution is -0.138. The minimum atomic E-state index is -0.182. The molecule has 1 aliphatic heterocycles. The number of hydrogen-bond acceptors (Lipinski definition) is 5. The van der Waals surface area contributed by atoms with Gasteiger partial charge in [0.1, 0.15) is 24.5 Å². The Morgan fingerprint density at radius 3 is 3.00 bits per heavy atom. The Hall–Kier alpha value is -2.67. The fraction of sp³-hybridized carbons (Fsp3) is 0.450. The summed E-state index contributed by atoms with van der Waals surface area (Å²) in [4.78, 5) is 30.4. The maximum Gasteiger partial charge on any atom is 0.248 e. The number of methoxy groups -OCH3 is 1. The molecule has 0 aliphatic carbocycles. The molecule has 0 unspecified atom stereocenters. The summed E-state index contributed by atoms with van der Waals surface area (Å²) >= 11 is 0. The zero-order chi connectivity index (χ0) is 19.1. The lowest BCUT2D eigenvalue weighted by atomic mass is 9.97. The van der Waals surface area contributed by atoms with Crippen LogP contribution in [0, 0.1) is 5.92 Å². The number of nitrogens with one attached hydrogen (secondary N) is 1. The summed E-state index contributed by atoms with van der Waals surface area (Å²) in [6, 6.07) is 9.65. The summed E-state index contributed by atoms with van der Waals surface area (Å²) in [5.41, 5.74) is 0.811. The number of likely N-dealkylation sites (tertiary alicyclic amines) is 1. The van der Waals surface area contributed by atoms with E-state index in [1.54, 1.807) is 11.1 Å². The molecule has 2 heterocycles. The molecule has 1 saturated heterocycles. The summed E-state index contributed by atoms with van der Waals surface area (Å²) in [5, 5.41) is 3.92. The highest BCUT2D eigenvalue weighted by molar-refractivity contribution is 5.84. The summed E-state index contributed by atoms with van der Waals surface area (Å²) in [6.07, 6.45) is 3.35. The highest BCUT2D eigenvalue weighted by Crippen LogP contribution is 2.22. The van der Waals surface area contributed by atoms with Gasteiger partial charge in [0.2, 0.25) is 11.8 Å². The molecule has 144 valence electrons. The second-order valence-electron chi connectivity index (χ2n) is 6.58. The minimum Gasteiger partial charge on any atom is -0.489 e. The van der Waals surface area contributed by atoms with Gasteiger partial charge < -0.3 is 19.7 Å². The molecule has 1 fully saturated rings. The molecule has 1 aliphatic rings. The van der Waals surface area contributed by atoms with Gasteiger partial charge in [-0.2, -0.15) is 0 Å². The third-order valence-electron chi connectivity index (χ3n) is 4.67. The van der Waals surface area contributed by atoms with E-state index in [1.807, 2.05) is 30.3 Å². The standard InChI is InChI=1S/C20H25N3O4/c1-26-14-18(24)23-11-4-7-16(13-23)20(25)22-10-12-27-17-8-2-5-15-6-3-9-21-19(15)17/h2-3,5-6,8-9,16H,4,7,10-14H2,1H3,(H,22,25)/t16-/m0/s1. The molecule has 1 aromatic heterocycles. The van der Waals surface area contributed by atoms with E-state index in [4.69, 9.17) is 9.47 Å². The number of piperidine rings is 1. The van der Waals surface area contributed by atoms with Crippen molar-refractivity contribution < 1.29 is 19.1 Å². The Morgan fingerprint density at radius 2 is 2.15 bits per heavy atom. The second-order valence-corrected chi connectivity index (χ2v) is 6.58. The van der Waals surface area contributed by atoms with E-state index in [2.05, 4.69) is 10.3 Å². The molecule has 0 saturated carbocycles. The van der Waals surface area contributed by atoms with Crippen LogP contribution >= 0.6 is 0 Å². The maximum absolute atomic E-state index is 12.4. The van der Waals surface area contributed by atoms with Gasteiger partial charge in [0.05, 0.1) is 12.5 Å². The molecular weight excluding hydrogens is 346 g/mol. The first-order valence-electron chi connectivity index (χ1n) is 9.20. The molecule has 7 heteroatoms. The highest BCUT2D eigenvalue weighted by Gasteiger charge is 2.28. The molecule has 0 spiro atoms. The van der Waals surface area contributed by atoms with Gasteiger partial charge in [-0.3, -0.25) is 14.6 Å². The van der Waals surface area contributed by atoms with Crippen LogP contribution in [0.3, 0.4) is 0 Å². The van der Waals surface area contributed by atoms with Crippen LogP contribution in [0.2, 0.25) is 0 Å². The van der Waals surface area contributed by atoms with E-state index in [0.717, 1.165) is 23.7 Å². The van der Waals surface area contributed by atoms with E-state index in [1.165, 1.54) is 7.11 Å². The first-order chi connectivity index (χ1) is 13.2. The zero-order valence-electron chi connectivity index (χ0n) is 15.5. The fourth-order valence-electron chi connectivity index (χ4n) is 3.30. The first-order valence-corrected chi connectivity index (χ1v) is 9.20. The van der Waals surface area contributed by atoms with Crippen molar-refractivity contribution in [3.05, 3.63) is 36.5 Å². The zero-order valence-corrected chi connectivity index (χ0v) is 15.5. The third-order valence-corrected chi connectivity index (χ3v) is 4.67. The van der Waals surface area contributed by atoms with Crippen LogP contribution in [0.5, 0.6) is 5.75 Å². The highest BCUT2D eigenvalue weighted by atomic mass is 16.5. The van der Waals surface area contributed by atoms with Gasteiger partial charge in [-0.25, -0.2) is 0 Å². The summed E-state index contributed by atoms with van der Waals surface area (Å²) in [6.45, 7) is 1.96. The molecule has 0 bridgehead atoms. The van der Waals surface area contributed by atoms with Crippen molar-refractivity contribution in [2.24, 2.45) is 5.92 Å². The normalized spacial score (nSPS) is 16.9. The molecule has 2 amide bonds. The number of fused-ring (bicyclic) bond motifs is 1. The lowest BCUT2D eigenvalue weighted by Crippen LogP contribution is -2.47. The predicted octanol–water partition coefficient (Wildman–Crippen LogP) is 1.61. The Bertz CT molecular complexity index is 790. The number of amides is 2. The van der Waals surface area contributed by atoms with Gasteiger partial charge in [-0.15, -0.1) is 0 Å². The molecule has 7 nitrogen and oxygen atoms in total. The van der Waals surface area contributed by atoms with E-state index >= 15 is 0 Å². The number of nitrogens with zero attached hydrogens (tertiary/aromatic N) is 2. The average Bonchev–Trinajstić information content (AvgIpc) is 2.71. The van der Waals surface area contributed by atoms with E-state index < -0.39 is 0 Å². The monoisotopic (exact) mass is 371 g/mol. The van der Waals surface area contributed by atoms with Crippen LogP contribution in [0.15, 0.2) is 36.5 Å². The van der Waals surface area contributed by atoms with Gasteiger partial charge in [-0.1, -0.05) is 18.2 Å². The summed E-state index contributed by atoms with van der Waals surface area (Å²) in [7, 11) is 1.50. The Kier molecular flexibility index (Phi) is 6.59. The number of ether oxygens (including phenoxy) is 2. The largest absolute Gasteiger partial charge is 0.489 e. The Labute approximate surface area is 158 Å². The number of aromatic nitrogens is 1. The van der Waals surface area contributed by atoms with Crippen molar-refractivity contribution in [2.45, 2.75) is 12.8 Å². The molecule has 3 rings (SSSR count). The minimum absolute atomic E-state index is 0.0374. The van der Waals surface area contributed by atoms with Crippen LogP contribution in [0.25, 0.3) is 10.9 Å². The van der Waals surface area contributed by atoms with E-state index in [0.29, 0.717) is 32.0 Å². The molecule has 0 radical (unpaired) electrons. The van der Waals surface area contributed by atoms with Crippen molar-refractivity contribution in [3.63, 3.8) is 0 Å². The van der Waals surface area contributed by atoms with Crippen LogP contribution in [0.1, 0.15) is 12.8 Å². The van der Waals surface area contributed by atoms with Crippen LogP contribution in [-0.4, -0.2) is 61.7 Å². The number of rotatable bonds is 7. The number of carbonyl (C=O) groups is 2. The molecule has 1 atom stereocenters. The average molecular weight is 371 g/mol. The van der Waals surface area contributed by atoms with Crippen molar-refractivity contribution in [1.29, 1.82) is 0 Å². The second kappa shape index (κ2) is 9.32. The van der Waals surface area contributed by atoms with Gasteiger partial charge in [0, 0.05) is 31.8 Å². The van der Waals surface area contributed by atoms with Crippen molar-refractivity contribution in [3.8, 4) is 5.75 Å². The van der Waals surface area contributed by atoms with Gasteiger partial charge >= 0.3 is 0 Å². The van der Waals surface area contributed by atoms with Gasteiger partial charge in [-0.05, 0) is 25.0 Å². The maximum atomic E-state index is 12.4. The summed E-state index contributed by atoms with van der Waals surface area (Å²) < 4.78 is 10.7. The third kappa shape index (κ3) is 4.95. The molecule has 1 N–H and O–H groups in total. The molecule has 2 aromatic rings. The van der Waals surface area contributed by atoms with E-state index in [9.17, 15) is 9.59 Å². The Balaban J connectivity index is 1.46. The number of pyridine rings is 1.